The van der Waals surface area contributed by atoms with Crippen LogP contribution in [0.4, 0.5) is 0 Å². The molecule has 0 aliphatic heterocycles. The van der Waals surface area contributed by atoms with E-state index >= 15 is 0 Å². The third kappa shape index (κ3) is 2.88. The number of amides is 1. The summed E-state index contributed by atoms with van der Waals surface area (Å²) in [5, 5.41) is 13.9. The van der Waals surface area contributed by atoms with Crippen LogP contribution in [0, 0.1) is 6.92 Å². The molecule has 1 unspecified atom stereocenters. The Bertz CT molecular complexity index is 779. The lowest BCUT2D eigenvalue weighted by molar-refractivity contribution is 0.0935. The maximum Gasteiger partial charge on any atom is 0.251 e. The first-order valence-electron chi connectivity index (χ1n) is 6.84. The quantitative estimate of drug-likeness (QED) is 0.796. The van der Waals surface area contributed by atoms with E-state index in [0.717, 1.165) is 17.2 Å². The number of aryl methyl sites for hydroxylation is 1. The minimum Gasteiger partial charge on any atom is -0.464 e. The second-order valence-corrected chi connectivity index (χ2v) is 4.95. The molecule has 2 heterocycles. The Morgan fingerprint density at radius 2 is 2.18 bits per heavy atom. The molecule has 3 aromatic rings. The van der Waals surface area contributed by atoms with Gasteiger partial charge in [-0.25, -0.2) is 4.68 Å². The average molecular weight is 297 g/mol. The molecule has 3 rings (SSSR count). The van der Waals surface area contributed by atoms with Crippen LogP contribution < -0.4 is 5.32 Å². The normalized spacial score (nSPS) is 12.1. The van der Waals surface area contributed by atoms with E-state index in [0.29, 0.717) is 5.56 Å². The van der Waals surface area contributed by atoms with Gasteiger partial charge >= 0.3 is 0 Å². The van der Waals surface area contributed by atoms with Crippen molar-refractivity contribution >= 4 is 5.91 Å². The minimum atomic E-state index is -0.210. The molecule has 1 N–H and O–H groups in total. The van der Waals surface area contributed by atoms with Gasteiger partial charge in [-0.05, 0) is 54.6 Å². The molecule has 7 heteroatoms. The van der Waals surface area contributed by atoms with Crippen LogP contribution in [0.5, 0.6) is 0 Å². The SMILES string of the molecule is Cc1ccc(C(C)NC(=O)c2cccc(-n3cnnn3)c2)o1. The van der Waals surface area contributed by atoms with Crippen molar-refractivity contribution in [2.75, 3.05) is 0 Å². The Balaban J connectivity index is 1.76. The Kier molecular flexibility index (Phi) is 3.69. The van der Waals surface area contributed by atoms with Gasteiger partial charge in [0.05, 0.1) is 11.7 Å². The molecule has 1 aromatic carbocycles. The molecule has 0 radical (unpaired) electrons. The molecule has 0 aliphatic carbocycles. The first-order valence-corrected chi connectivity index (χ1v) is 6.84. The molecule has 7 nitrogen and oxygen atoms in total. The molecule has 0 saturated heterocycles. The molecular weight excluding hydrogens is 282 g/mol. The van der Waals surface area contributed by atoms with Crippen LogP contribution in [0.2, 0.25) is 0 Å². The third-order valence-electron chi connectivity index (χ3n) is 3.26. The van der Waals surface area contributed by atoms with Gasteiger partial charge in [-0.1, -0.05) is 6.07 Å². The number of nitrogens with zero attached hydrogens (tertiary/aromatic N) is 4. The summed E-state index contributed by atoms with van der Waals surface area (Å²) in [4.78, 5) is 12.3. The number of aromatic nitrogens is 4. The summed E-state index contributed by atoms with van der Waals surface area (Å²) in [7, 11) is 0. The number of hydrogen-bond donors (Lipinski definition) is 1. The lowest BCUT2D eigenvalue weighted by Crippen LogP contribution is -2.26. The van der Waals surface area contributed by atoms with Crippen LogP contribution in [0.3, 0.4) is 0 Å². The number of carbonyl (C=O) groups is 1. The predicted molar refractivity (Wildman–Crippen MR) is 78.5 cm³/mol. The van der Waals surface area contributed by atoms with E-state index in [1.54, 1.807) is 18.2 Å². The lowest BCUT2D eigenvalue weighted by Gasteiger charge is -2.12. The molecule has 112 valence electrons. The highest BCUT2D eigenvalue weighted by Crippen LogP contribution is 2.17. The molecule has 0 fully saturated rings. The first kappa shape index (κ1) is 14.0. The van der Waals surface area contributed by atoms with Crippen molar-refractivity contribution in [1.29, 1.82) is 0 Å². The second kappa shape index (κ2) is 5.80. The van der Waals surface area contributed by atoms with E-state index in [4.69, 9.17) is 4.42 Å². The standard InChI is InChI=1S/C15H15N5O2/c1-10-6-7-14(22-10)11(2)17-15(21)12-4-3-5-13(8-12)20-9-16-18-19-20/h3-9,11H,1-2H3,(H,17,21). The lowest BCUT2D eigenvalue weighted by atomic mass is 10.1. The van der Waals surface area contributed by atoms with Gasteiger partial charge < -0.3 is 9.73 Å². The number of tetrazole rings is 1. The summed E-state index contributed by atoms with van der Waals surface area (Å²) < 4.78 is 7.02. The van der Waals surface area contributed by atoms with Gasteiger partial charge in [0.2, 0.25) is 0 Å². The molecule has 1 atom stereocenters. The van der Waals surface area contributed by atoms with Crippen LogP contribution in [-0.2, 0) is 0 Å². The summed E-state index contributed by atoms with van der Waals surface area (Å²) in [6.45, 7) is 3.75. The molecule has 1 amide bonds. The number of hydrogen-bond acceptors (Lipinski definition) is 5. The van der Waals surface area contributed by atoms with Crippen molar-refractivity contribution < 1.29 is 9.21 Å². The molecular formula is C15H15N5O2. The fourth-order valence-electron chi connectivity index (χ4n) is 2.11. The van der Waals surface area contributed by atoms with E-state index in [1.807, 2.05) is 32.0 Å². The number of benzene rings is 1. The van der Waals surface area contributed by atoms with E-state index in [-0.39, 0.29) is 11.9 Å². The molecule has 2 aromatic heterocycles. The number of furan rings is 1. The molecule has 0 bridgehead atoms. The van der Waals surface area contributed by atoms with Gasteiger partial charge in [0.25, 0.3) is 5.91 Å². The second-order valence-electron chi connectivity index (χ2n) is 4.95. The fraction of sp³-hybridized carbons (Fsp3) is 0.200. The third-order valence-corrected chi connectivity index (χ3v) is 3.26. The smallest absolute Gasteiger partial charge is 0.251 e. The summed E-state index contributed by atoms with van der Waals surface area (Å²) >= 11 is 0. The molecule has 0 saturated carbocycles. The highest BCUT2D eigenvalue weighted by molar-refractivity contribution is 5.94. The number of rotatable bonds is 4. The Morgan fingerprint density at radius 1 is 1.32 bits per heavy atom. The van der Waals surface area contributed by atoms with E-state index in [1.165, 1.54) is 11.0 Å². The Morgan fingerprint density at radius 3 is 2.86 bits per heavy atom. The zero-order valence-corrected chi connectivity index (χ0v) is 12.2. The highest BCUT2D eigenvalue weighted by atomic mass is 16.3. The van der Waals surface area contributed by atoms with Crippen molar-refractivity contribution in [2.24, 2.45) is 0 Å². The van der Waals surface area contributed by atoms with Crippen LogP contribution in [-0.4, -0.2) is 26.1 Å². The maximum atomic E-state index is 12.3. The van der Waals surface area contributed by atoms with E-state index < -0.39 is 0 Å². The van der Waals surface area contributed by atoms with Gasteiger partial charge in [-0.3, -0.25) is 4.79 Å². The van der Waals surface area contributed by atoms with E-state index in [2.05, 4.69) is 20.8 Å². The number of nitrogens with one attached hydrogen (secondary N) is 1. The summed E-state index contributed by atoms with van der Waals surface area (Å²) in [5.41, 5.74) is 1.25. The van der Waals surface area contributed by atoms with Crippen LogP contribution in [0.15, 0.2) is 47.1 Å². The number of carbonyl (C=O) groups excluding carboxylic acids is 1. The van der Waals surface area contributed by atoms with Crippen LogP contribution >= 0.6 is 0 Å². The maximum absolute atomic E-state index is 12.3. The fourth-order valence-corrected chi connectivity index (χ4v) is 2.11. The summed E-state index contributed by atoms with van der Waals surface area (Å²) in [6, 6.07) is 10.6. The molecule has 0 spiro atoms. The van der Waals surface area contributed by atoms with Gasteiger partial charge in [0.1, 0.15) is 17.8 Å². The summed E-state index contributed by atoms with van der Waals surface area (Å²) in [5.74, 6) is 1.36. The zero-order chi connectivity index (χ0) is 15.5. The zero-order valence-electron chi connectivity index (χ0n) is 12.2. The monoisotopic (exact) mass is 297 g/mol. The van der Waals surface area contributed by atoms with E-state index in [9.17, 15) is 4.79 Å². The van der Waals surface area contributed by atoms with Gasteiger partial charge in [-0.15, -0.1) is 5.10 Å². The first-order chi connectivity index (χ1) is 10.6. The van der Waals surface area contributed by atoms with Gasteiger partial charge in [0, 0.05) is 5.56 Å². The molecule has 0 aliphatic rings. The Labute approximate surface area is 126 Å². The van der Waals surface area contributed by atoms with Crippen LogP contribution in [0.1, 0.15) is 34.8 Å². The average Bonchev–Trinajstić information content (AvgIpc) is 3.18. The van der Waals surface area contributed by atoms with Gasteiger partial charge in [-0.2, -0.15) is 0 Å². The summed E-state index contributed by atoms with van der Waals surface area (Å²) in [6.07, 6.45) is 1.48. The van der Waals surface area contributed by atoms with Crippen molar-refractivity contribution in [2.45, 2.75) is 19.9 Å². The van der Waals surface area contributed by atoms with Gasteiger partial charge in [0.15, 0.2) is 0 Å². The van der Waals surface area contributed by atoms with Crippen LogP contribution in [0.25, 0.3) is 5.69 Å². The topological polar surface area (TPSA) is 85.8 Å². The van der Waals surface area contributed by atoms with Crippen molar-refractivity contribution in [1.82, 2.24) is 25.5 Å². The minimum absolute atomic E-state index is 0.184. The molecule has 22 heavy (non-hydrogen) atoms. The highest BCUT2D eigenvalue weighted by Gasteiger charge is 2.14. The van der Waals surface area contributed by atoms with Crippen molar-refractivity contribution in [3.05, 3.63) is 59.8 Å². The van der Waals surface area contributed by atoms with Crippen molar-refractivity contribution in [3.63, 3.8) is 0 Å². The van der Waals surface area contributed by atoms with Crippen molar-refractivity contribution in [3.8, 4) is 5.69 Å². The Hall–Kier alpha value is -2.96. The predicted octanol–water partition coefficient (Wildman–Crippen LogP) is 2.05. The largest absolute Gasteiger partial charge is 0.464 e.